The molecule has 0 radical (unpaired) electrons. The highest BCUT2D eigenvalue weighted by molar-refractivity contribution is 7.99. The van der Waals surface area contributed by atoms with Gasteiger partial charge >= 0.3 is 6.03 Å². The zero-order valence-electron chi connectivity index (χ0n) is 10.8. The Labute approximate surface area is 119 Å². The van der Waals surface area contributed by atoms with Crippen LogP contribution in [0.3, 0.4) is 0 Å². The van der Waals surface area contributed by atoms with E-state index < -0.39 is 11.9 Å². The van der Waals surface area contributed by atoms with Crippen LogP contribution in [-0.2, 0) is 10.5 Å². The van der Waals surface area contributed by atoms with Crippen LogP contribution in [0.5, 0.6) is 0 Å². The first-order valence-electron chi connectivity index (χ1n) is 5.67. The highest BCUT2D eigenvalue weighted by Gasteiger charge is 2.11. The Morgan fingerprint density at radius 3 is 2.84 bits per heavy atom. The van der Waals surface area contributed by atoms with Crippen molar-refractivity contribution in [2.75, 3.05) is 18.6 Å². The summed E-state index contributed by atoms with van der Waals surface area (Å²) >= 11 is 2.67. The summed E-state index contributed by atoms with van der Waals surface area (Å²) in [5.41, 5.74) is 0. The molecule has 0 aliphatic heterocycles. The van der Waals surface area contributed by atoms with Crippen molar-refractivity contribution in [2.45, 2.75) is 24.3 Å². The van der Waals surface area contributed by atoms with Crippen molar-refractivity contribution in [2.24, 2.45) is 0 Å². The SMILES string of the molecule is CCCNC(=O)NC(=O)CSc1nnc(CSC)o1. The third-order valence-corrected chi connectivity index (χ3v) is 3.19. The molecule has 0 saturated heterocycles. The molecule has 2 N–H and O–H groups in total. The monoisotopic (exact) mass is 304 g/mol. The van der Waals surface area contributed by atoms with Crippen LogP contribution in [0, 0.1) is 0 Å². The van der Waals surface area contributed by atoms with Crippen LogP contribution in [0.25, 0.3) is 0 Å². The van der Waals surface area contributed by atoms with Crippen molar-refractivity contribution in [3.05, 3.63) is 5.89 Å². The Morgan fingerprint density at radius 2 is 2.16 bits per heavy atom. The van der Waals surface area contributed by atoms with Gasteiger partial charge in [0.1, 0.15) is 0 Å². The van der Waals surface area contributed by atoms with E-state index in [1.54, 1.807) is 11.8 Å². The zero-order chi connectivity index (χ0) is 14.1. The second-order valence-electron chi connectivity index (χ2n) is 3.49. The highest BCUT2D eigenvalue weighted by atomic mass is 32.2. The van der Waals surface area contributed by atoms with E-state index in [-0.39, 0.29) is 5.75 Å². The number of carbonyl (C=O) groups is 2. The van der Waals surface area contributed by atoms with E-state index in [1.807, 2.05) is 13.2 Å². The Morgan fingerprint density at radius 1 is 1.37 bits per heavy atom. The number of imide groups is 1. The van der Waals surface area contributed by atoms with Gasteiger partial charge in [-0.25, -0.2) is 4.79 Å². The molecule has 7 nitrogen and oxygen atoms in total. The third-order valence-electron chi connectivity index (χ3n) is 1.83. The Kier molecular flexibility index (Phi) is 7.34. The van der Waals surface area contributed by atoms with Crippen LogP contribution in [0.2, 0.25) is 0 Å². The third kappa shape index (κ3) is 6.48. The number of urea groups is 1. The average Bonchev–Trinajstić information content (AvgIpc) is 2.82. The lowest BCUT2D eigenvalue weighted by Crippen LogP contribution is -2.40. The number of nitrogens with one attached hydrogen (secondary N) is 2. The number of thioether (sulfide) groups is 2. The van der Waals surface area contributed by atoms with Gasteiger partial charge < -0.3 is 9.73 Å². The van der Waals surface area contributed by atoms with Crippen LogP contribution in [0.15, 0.2) is 9.64 Å². The molecule has 1 rings (SSSR count). The number of hydrogen-bond acceptors (Lipinski definition) is 7. The van der Waals surface area contributed by atoms with Gasteiger partial charge in [0.05, 0.1) is 11.5 Å². The molecule has 3 amide bonds. The molecule has 0 fully saturated rings. The second-order valence-corrected chi connectivity index (χ2v) is 5.28. The molecule has 0 aliphatic rings. The molecule has 1 aromatic rings. The number of hydrogen-bond donors (Lipinski definition) is 2. The van der Waals surface area contributed by atoms with Crippen molar-refractivity contribution in [3.8, 4) is 0 Å². The Bertz CT molecular complexity index is 425. The van der Waals surface area contributed by atoms with Crippen LogP contribution >= 0.6 is 23.5 Å². The van der Waals surface area contributed by atoms with Gasteiger partial charge in [-0.1, -0.05) is 18.7 Å². The van der Waals surface area contributed by atoms with E-state index >= 15 is 0 Å². The molecule has 0 bridgehead atoms. The number of carbonyl (C=O) groups excluding carboxylic acids is 2. The van der Waals surface area contributed by atoms with Crippen molar-refractivity contribution < 1.29 is 14.0 Å². The van der Waals surface area contributed by atoms with Crippen molar-refractivity contribution in [1.82, 2.24) is 20.8 Å². The van der Waals surface area contributed by atoms with Crippen molar-refractivity contribution >= 4 is 35.5 Å². The molecule has 106 valence electrons. The molecular weight excluding hydrogens is 288 g/mol. The molecule has 19 heavy (non-hydrogen) atoms. The van der Waals surface area contributed by atoms with Gasteiger partial charge in [-0.05, 0) is 12.7 Å². The summed E-state index contributed by atoms with van der Waals surface area (Å²) in [6, 6.07) is -0.485. The Hall–Kier alpha value is -1.22. The summed E-state index contributed by atoms with van der Waals surface area (Å²) in [7, 11) is 0. The molecule has 9 heteroatoms. The molecule has 0 atom stereocenters. The minimum atomic E-state index is -0.485. The van der Waals surface area contributed by atoms with E-state index in [9.17, 15) is 9.59 Å². The molecule has 1 aromatic heterocycles. The van der Waals surface area contributed by atoms with Crippen LogP contribution in [-0.4, -0.2) is 40.7 Å². The Balaban J connectivity index is 2.27. The minimum absolute atomic E-state index is 0.0560. The summed E-state index contributed by atoms with van der Waals surface area (Å²) in [5, 5.41) is 12.7. The molecule has 0 spiro atoms. The van der Waals surface area contributed by atoms with E-state index in [1.165, 1.54) is 0 Å². The average molecular weight is 304 g/mol. The summed E-state index contributed by atoms with van der Waals surface area (Å²) in [6.07, 6.45) is 2.75. The van der Waals surface area contributed by atoms with Crippen molar-refractivity contribution in [1.29, 1.82) is 0 Å². The molecule has 0 saturated carbocycles. The van der Waals surface area contributed by atoms with Gasteiger partial charge in [-0.3, -0.25) is 10.1 Å². The highest BCUT2D eigenvalue weighted by Crippen LogP contribution is 2.17. The first kappa shape index (κ1) is 15.8. The second kappa shape index (κ2) is 8.81. The molecule has 0 aliphatic carbocycles. The van der Waals surface area contributed by atoms with Gasteiger partial charge in [0.25, 0.3) is 5.22 Å². The lowest BCUT2D eigenvalue weighted by molar-refractivity contribution is -0.117. The molecule has 0 aromatic carbocycles. The molecular formula is C10H16N4O3S2. The first-order chi connectivity index (χ1) is 9.15. The van der Waals surface area contributed by atoms with Gasteiger partial charge in [0.15, 0.2) is 0 Å². The van der Waals surface area contributed by atoms with E-state index in [0.717, 1.165) is 18.2 Å². The van der Waals surface area contributed by atoms with E-state index in [2.05, 4.69) is 20.8 Å². The largest absolute Gasteiger partial charge is 0.415 e. The summed E-state index contributed by atoms with van der Waals surface area (Å²) in [6.45, 7) is 2.47. The van der Waals surface area contributed by atoms with Crippen molar-refractivity contribution in [3.63, 3.8) is 0 Å². The molecule has 1 heterocycles. The van der Waals surface area contributed by atoms with Crippen LogP contribution in [0.4, 0.5) is 4.79 Å². The normalized spacial score (nSPS) is 10.2. The minimum Gasteiger partial charge on any atom is -0.415 e. The number of amides is 3. The van der Waals surface area contributed by atoms with Crippen LogP contribution < -0.4 is 10.6 Å². The first-order valence-corrected chi connectivity index (χ1v) is 8.05. The smallest absolute Gasteiger partial charge is 0.321 e. The number of rotatable bonds is 7. The lowest BCUT2D eigenvalue weighted by Gasteiger charge is -2.03. The van der Waals surface area contributed by atoms with E-state index in [0.29, 0.717) is 23.4 Å². The number of nitrogens with zero attached hydrogens (tertiary/aromatic N) is 2. The predicted molar refractivity (Wildman–Crippen MR) is 74.1 cm³/mol. The van der Waals surface area contributed by atoms with Gasteiger partial charge in [-0.15, -0.1) is 10.2 Å². The number of aromatic nitrogens is 2. The fourth-order valence-electron chi connectivity index (χ4n) is 1.05. The van der Waals surface area contributed by atoms with E-state index in [4.69, 9.17) is 4.42 Å². The maximum absolute atomic E-state index is 11.4. The van der Waals surface area contributed by atoms with Crippen LogP contribution in [0.1, 0.15) is 19.2 Å². The predicted octanol–water partition coefficient (Wildman–Crippen LogP) is 1.26. The quantitative estimate of drug-likeness (QED) is 0.732. The standard InChI is InChI=1S/C10H16N4O3S2/c1-3-4-11-9(16)12-7(15)5-19-10-14-13-8(17-10)6-18-2/h3-6H2,1-2H3,(H2,11,12,15,16). The zero-order valence-corrected chi connectivity index (χ0v) is 12.4. The maximum atomic E-state index is 11.4. The van der Waals surface area contributed by atoms with Gasteiger partial charge in [-0.2, -0.15) is 11.8 Å². The molecule has 0 unspecified atom stereocenters. The summed E-state index contributed by atoms with van der Waals surface area (Å²) in [5.74, 6) is 0.818. The fraction of sp³-hybridized carbons (Fsp3) is 0.600. The summed E-state index contributed by atoms with van der Waals surface area (Å²) in [4.78, 5) is 22.6. The maximum Gasteiger partial charge on any atom is 0.321 e. The van der Waals surface area contributed by atoms with Gasteiger partial charge in [0.2, 0.25) is 11.8 Å². The summed E-state index contributed by atoms with van der Waals surface area (Å²) < 4.78 is 5.28. The topological polar surface area (TPSA) is 97.1 Å². The van der Waals surface area contributed by atoms with Gasteiger partial charge in [0, 0.05) is 6.54 Å². The fourth-order valence-corrected chi connectivity index (χ4v) is 2.00. The lowest BCUT2D eigenvalue weighted by atomic mass is 10.5.